The second-order valence-corrected chi connectivity index (χ2v) is 7.99. The van der Waals surface area contributed by atoms with Crippen molar-refractivity contribution in [2.45, 2.75) is 27.7 Å². The van der Waals surface area contributed by atoms with E-state index in [4.69, 9.17) is 17.0 Å². The molecule has 0 saturated heterocycles. The molecule has 0 fully saturated rings. The molecule has 11 heteroatoms. The van der Waals surface area contributed by atoms with Gasteiger partial charge >= 0.3 is 5.97 Å². The zero-order valence-corrected chi connectivity index (χ0v) is 19.5. The second-order valence-electron chi connectivity index (χ2n) is 6.56. The Hall–Kier alpha value is -3.05. The largest absolute Gasteiger partial charge is 0.465 e. The monoisotopic (exact) mass is 464 g/mol. The number of methoxy groups -OCH3 is 1. The number of benzene rings is 1. The quantitative estimate of drug-likeness (QED) is 0.269. The number of rotatable bonds is 7. The highest BCUT2D eigenvalue weighted by molar-refractivity contribution is 7.80. The minimum Gasteiger partial charge on any atom is -0.465 e. The molecule has 1 heterocycles. The topological polar surface area (TPSA) is 114 Å². The Morgan fingerprint density at radius 3 is 2.42 bits per heavy atom. The molecule has 9 nitrogen and oxygen atoms in total. The summed E-state index contributed by atoms with van der Waals surface area (Å²) in [5, 5.41) is 17.4. The van der Waals surface area contributed by atoms with Gasteiger partial charge in [-0.05, 0) is 51.0 Å². The summed E-state index contributed by atoms with van der Waals surface area (Å²) in [7, 11) is 1.26. The number of nitro benzene ring substituents is 1. The molecule has 2 rings (SSSR count). The maximum absolute atomic E-state index is 12.9. The first-order chi connectivity index (χ1) is 14.6. The number of hydrogen-bond acceptors (Lipinski definition) is 7. The summed E-state index contributed by atoms with van der Waals surface area (Å²) < 4.78 is 4.89. The lowest BCUT2D eigenvalue weighted by Crippen LogP contribution is -2.30. The fourth-order valence-corrected chi connectivity index (χ4v) is 4.37. The Morgan fingerprint density at radius 2 is 1.87 bits per heavy atom. The molecule has 2 N–H and O–H groups in total. The van der Waals surface area contributed by atoms with Gasteiger partial charge in [-0.1, -0.05) is 6.07 Å². The molecule has 2 aromatic rings. The van der Waals surface area contributed by atoms with Gasteiger partial charge in [0.05, 0.1) is 22.5 Å². The van der Waals surface area contributed by atoms with Crippen molar-refractivity contribution in [1.29, 1.82) is 0 Å². The lowest BCUT2D eigenvalue weighted by atomic mass is 10.1. The van der Waals surface area contributed by atoms with Crippen LogP contribution < -0.4 is 10.6 Å². The summed E-state index contributed by atoms with van der Waals surface area (Å²) >= 11 is 6.46. The van der Waals surface area contributed by atoms with Crippen LogP contribution in [0.5, 0.6) is 0 Å². The lowest BCUT2D eigenvalue weighted by molar-refractivity contribution is -0.384. The maximum atomic E-state index is 12.9. The Balaban J connectivity index is 2.37. The first kappa shape index (κ1) is 24.2. The number of thiocarbonyl (C=S) groups is 1. The molecule has 0 bridgehead atoms. The average Bonchev–Trinajstić information content (AvgIpc) is 3.05. The van der Waals surface area contributed by atoms with Gasteiger partial charge < -0.3 is 20.3 Å². The molecule has 166 valence electrons. The summed E-state index contributed by atoms with van der Waals surface area (Å²) in [6, 6.07) is 4.39. The van der Waals surface area contributed by atoms with Crippen LogP contribution >= 0.6 is 23.6 Å². The molecule has 0 aliphatic rings. The third kappa shape index (κ3) is 5.36. The fraction of sp³-hybridized carbons (Fsp3) is 0.350. The highest BCUT2D eigenvalue weighted by atomic mass is 32.1. The fourth-order valence-electron chi connectivity index (χ4n) is 2.92. The average molecular weight is 465 g/mol. The third-order valence-corrected chi connectivity index (χ3v) is 6.09. The second kappa shape index (κ2) is 10.3. The van der Waals surface area contributed by atoms with Crippen molar-refractivity contribution in [2.24, 2.45) is 0 Å². The normalized spacial score (nSPS) is 10.4. The molecule has 0 saturated carbocycles. The zero-order valence-electron chi connectivity index (χ0n) is 17.9. The summed E-state index contributed by atoms with van der Waals surface area (Å²) in [6.07, 6.45) is 0. The van der Waals surface area contributed by atoms with Gasteiger partial charge in [-0.25, -0.2) is 4.79 Å². The van der Waals surface area contributed by atoms with Crippen LogP contribution in [0, 0.1) is 24.0 Å². The number of anilines is 2. The van der Waals surface area contributed by atoms with Gasteiger partial charge in [0.15, 0.2) is 5.11 Å². The van der Waals surface area contributed by atoms with Crippen molar-refractivity contribution in [3.8, 4) is 0 Å². The molecule has 0 aliphatic heterocycles. The predicted octanol–water partition coefficient (Wildman–Crippen LogP) is 4.35. The molecule has 0 radical (unpaired) electrons. The number of carbonyl (C=O) groups excluding carboxylic acids is 2. The Morgan fingerprint density at radius 1 is 1.23 bits per heavy atom. The lowest BCUT2D eigenvalue weighted by Gasteiger charge is -2.18. The summed E-state index contributed by atoms with van der Waals surface area (Å²) in [5.41, 5.74) is 1.86. The molecule has 0 spiro atoms. The number of hydrogen-bond donors (Lipinski definition) is 2. The Kier molecular flexibility index (Phi) is 8.06. The van der Waals surface area contributed by atoms with E-state index >= 15 is 0 Å². The van der Waals surface area contributed by atoms with Crippen LogP contribution in [0.3, 0.4) is 0 Å². The van der Waals surface area contributed by atoms with Gasteiger partial charge in [0, 0.05) is 30.9 Å². The van der Waals surface area contributed by atoms with Gasteiger partial charge in [-0.2, -0.15) is 0 Å². The van der Waals surface area contributed by atoms with Crippen molar-refractivity contribution in [1.82, 2.24) is 4.90 Å². The number of carbonyl (C=O) groups is 2. The van der Waals surface area contributed by atoms with Gasteiger partial charge in [0.2, 0.25) is 0 Å². The Bertz CT molecular complexity index is 1030. The number of non-ortho nitro benzene ring substituents is 1. The minimum atomic E-state index is -0.593. The number of nitro groups is 1. The summed E-state index contributed by atoms with van der Waals surface area (Å²) in [4.78, 5) is 37.9. The molecular weight excluding hydrogens is 440 g/mol. The van der Waals surface area contributed by atoms with E-state index in [-0.39, 0.29) is 22.3 Å². The SMILES string of the molecule is CCN(CC)C(=O)c1sc(NC(=S)Nc2cc([N+](=O)[O-])ccc2C)c(C(=O)OC)c1C. The molecule has 1 amide bonds. The number of thiophene rings is 1. The molecule has 1 aromatic carbocycles. The van der Waals surface area contributed by atoms with E-state index in [9.17, 15) is 19.7 Å². The molecule has 1 aromatic heterocycles. The molecule has 0 unspecified atom stereocenters. The number of nitrogens with zero attached hydrogens (tertiary/aromatic N) is 2. The van der Waals surface area contributed by atoms with Crippen LogP contribution in [-0.2, 0) is 4.74 Å². The zero-order chi connectivity index (χ0) is 23.3. The van der Waals surface area contributed by atoms with Crippen molar-refractivity contribution >= 4 is 56.9 Å². The standard InChI is InChI=1S/C20H24N4O5S2/c1-6-23(7-2)18(25)16-12(4)15(19(26)29-5)17(31-16)22-20(30)21-14-10-13(24(27)28)9-8-11(14)3/h8-10H,6-7H2,1-5H3,(H2,21,22,30). The number of nitrogens with one attached hydrogen (secondary N) is 2. The number of aryl methyl sites for hydroxylation is 1. The van der Waals surface area contributed by atoms with Gasteiger partial charge in [0.1, 0.15) is 5.00 Å². The van der Waals surface area contributed by atoms with Crippen LogP contribution in [-0.4, -0.2) is 47.0 Å². The van der Waals surface area contributed by atoms with E-state index in [1.807, 2.05) is 13.8 Å². The van der Waals surface area contributed by atoms with Crippen LogP contribution in [0.1, 0.15) is 45.0 Å². The van der Waals surface area contributed by atoms with Crippen molar-refractivity contribution in [3.63, 3.8) is 0 Å². The molecule has 31 heavy (non-hydrogen) atoms. The van der Waals surface area contributed by atoms with Crippen LogP contribution in [0.2, 0.25) is 0 Å². The first-order valence-corrected chi connectivity index (χ1v) is 10.7. The van der Waals surface area contributed by atoms with Gasteiger partial charge in [-0.3, -0.25) is 14.9 Å². The van der Waals surface area contributed by atoms with Gasteiger partial charge in [-0.15, -0.1) is 11.3 Å². The molecule has 0 aliphatic carbocycles. The maximum Gasteiger partial charge on any atom is 0.341 e. The number of amides is 1. The van der Waals surface area contributed by atoms with Crippen molar-refractivity contribution in [2.75, 3.05) is 30.8 Å². The highest BCUT2D eigenvalue weighted by Gasteiger charge is 2.27. The minimum absolute atomic E-state index is 0.0785. The molecule has 0 atom stereocenters. The van der Waals surface area contributed by atoms with Crippen LogP contribution in [0.4, 0.5) is 16.4 Å². The highest BCUT2D eigenvalue weighted by Crippen LogP contribution is 2.35. The van der Waals surface area contributed by atoms with Crippen LogP contribution in [0.15, 0.2) is 18.2 Å². The van der Waals surface area contributed by atoms with Crippen molar-refractivity contribution < 1.29 is 19.2 Å². The number of esters is 1. The van der Waals surface area contributed by atoms with E-state index < -0.39 is 10.9 Å². The number of ether oxygens (including phenoxy) is 1. The van der Waals surface area contributed by atoms with E-state index in [2.05, 4.69) is 10.6 Å². The third-order valence-electron chi connectivity index (χ3n) is 4.69. The Labute approximate surface area is 189 Å². The van der Waals surface area contributed by atoms with E-state index in [0.717, 1.165) is 16.9 Å². The smallest absolute Gasteiger partial charge is 0.341 e. The first-order valence-electron chi connectivity index (χ1n) is 9.48. The van der Waals surface area contributed by atoms with E-state index in [0.29, 0.717) is 34.2 Å². The molecular formula is C20H24N4O5S2. The summed E-state index contributed by atoms with van der Waals surface area (Å²) in [5.74, 6) is -0.775. The van der Waals surface area contributed by atoms with Crippen molar-refractivity contribution in [3.05, 3.63) is 49.9 Å². The van der Waals surface area contributed by atoms with E-state index in [1.54, 1.807) is 24.8 Å². The predicted molar refractivity (Wildman–Crippen MR) is 125 cm³/mol. The van der Waals surface area contributed by atoms with Crippen LogP contribution in [0.25, 0.3) is 0 Å². The van der Waals surface area contributed by atoms with Gasteiger partial charge in [0.25, 0.3) is 11.6 Å². The van der Waals surface area contributed by atoms with E-state index in [1.165, 1.54) is 19.2 Å². The summed E-state index contributed by atoms with van der Waals surface area (Å²) in [6.45, 7) is 8.30.